The van der Waals surface area contributed by atoms with Gasteiger partial charge < -0.3 is 0 Å². The summed E-state index contributed by atoms with van der Waals surface area (Å²) in [6, 6.07) is 61.7. The van der Waals surface area contributed by atoms with Crippen LogP contribution in [0.1, 0.15) is 0 Å². The Labute approximate surface area is 246 Å². The molecule has 8 aromatic carbocycles. The summed E-state index contributed by atoms with van der Waals surface area (Å²) < 4.78 is 0. The van der Waals surface area contributed by atoms with Gasteiger partial charge in [-0.3, -0.25) is 0 Å². The van der Waals surface area contributed by atoms with E-state index < -0.39 is 0 Å². The van der Waals surface area contributed by atoms with Crippen LogP contribution in [0.5, 0.6) is 0 Å². The molecule has 196 valence electrons. The molecular weight excluding hydrogens is 504 g/mol. The molecule has 0 heteroatoms. The molecule has 8 rings (SSSR count). The van der Waals surface area contributed by atoms with Gasteiger partial charge in [-0.2, -0.15) is 0 Å². The van der Waals surface area contributed by atoms with Crippen molar-refractivity contribution in [2.24, 2.45) is 0 Å². The van der Waals surface area contributed by atoms with Crippen LogP contribution >= 0.6 is 0 Å². The van der Waals surface area contributed by atoms with E-state index in [2.05, 4.69) is 170 Å². The van der Waals surface area contributed by atoms with Crippen molar-refractivity contribution in [1.29, 1.82) is 0 Å². The zero-order chi connectivity index (χ0) is 27.9. The fraction of sp³-hybridized carbons (Fsp3) is 0. The summed E-state index contributed by atoms with van der Waals surface area (Å²) in [5.74, 6) is 0. The van der Waals surface area contributed by atoms with Gasteiger partial charge in [0, 0.05) is 0 Å². The van der Waals surface area contributed by atoms with Gasteiger partial charge in [0.2, 0.25) is 0 Å². The Kier molecular flexibility index (Phi) is 5.90. The van der Waals surface area contributed by atoms with Gasteiger partial charge in [-0.25, -0.2) is 0 Å². The molecule has 0 fully saturated rings. The second-order valence-corrected chi connectivity index (χ2v) is 10.9. The molecule has 0 radical (unpaired) electrons. The second kappa shape index (κ2) is 10.2. The van der Waals surface area contributed by atoms with Crippen LogP contribution in [0.15, 0.2) is 170 Å². The third-order valence-corrected chi connectivity index (χ3v) is 8.47. The lowest BCUT2D eigenvalue weighted by Gasteiger charge is -2.19. The van der Waals surface area contributed by atoms with Crippen molar-refractivity contribution in [1.82, 2.24) is 0 Å². The predicted octanol–water partition coefficient (Wildman–Crippen LogP) is 11.8. The summed E-state index contributed by atoms with van der Waals surface area (Å²) in [7, 11) is 0. The number of hydrogen-bond donors (Lipinski definition) is 0. The van der Waals surface area contributed by atoms with Gasteiger partial charge in [-0.05, 0) is 82.9 Å². The van der Waals surface area contributed by atoms with E-state index in [-0.39, 0.29) is 0 Å². The van der Waals surface area contributed by atoms with Gasteiger partial charge in [0.25, 0.3) is 0 Å². The summed E-state index contributed by atoms with van der Waals surface area (Å²) in [5, 5.41) is 7.62. The fourth-order valence-electron chi connectivity index (χ4n) is 6.61. The SMILES string of the molecule is c1ccc(-c2cc(-c3c4ccccc4c(-c4ccccc4)c4ccccc34)ccc2-c2cccc3ccccc23)cc1. The van der Waals surface area contributed by atoms with Crippen molar-refractivity contribution >= 4 is 32.3 Å². The highest BCUT2D eigenvalue weighted by atomic mass is 14.2. The lowest BCUT2D eigenvalue weighted by Crippen LogP contribution is -1.92. The molecule has 0 aliphatic heterocycles. The van der Waals surface area contributed by atoms with Crippen LogP contribution in [-0.2, 0) is 0 Å². The summed E-state index contributed by atoms with van der Waals surface area (Å²) in [4.78, 5) is 0. The lowest BCUT2D eigenvalue weighted by atomic mass is 9.84. The molecule has 0 nitrogen and oxygen atoms in total. The minimum absolute atomic E-state index is 1.22. The summed E-state index contributed by atoms with van der Waals surface area (Å²) in [5.41, 5.74) is 10.0. The van der Waals surface area contributed by atoms with Gasteiger partial charge in [0.1, 0.15) is 0 Å². The molecule has 0 bridgehead atoms. The first-order valence-corrected chi connectivity index (χ1v) is 14.5. The molecule has 0 saturated heterocycles. The van der Waals surface area contributed by atoms with E-state index in [1.54, 1.807) is 0 Å². The molecule has 0 amide bonds. The highest BCUT2D eigenvalue weighted by Crippen LogP contribution is 2.45. The fourth-order valence-corrected chi connectivity index (χ4v) is 6.61. The van der Waals surface area contributed by atoms with E-state index in [9.17, 15) is 0 Å². The average molecular weight is 533 g/mol. The largest absolute Gasteiger partial charge is 0.0622 e. The first kappa shape index (κ1) is 24.3. The van der Waals surface area contributed by atoms with Gasteiger partial charge in [0.05, 0.1) is 0 Å². The van der Waals surface area contributed by atoms with Crippen molar-refractivity contribution in [2.45, 2.75) is 0 Å². The Hall–Kier alpha value is -5.46. The van der Waals surface area contributed by atoms with E-state index in [4.69, 9.17) is 0 Å². The number of benzene rings is 8. The quantitative estimate of drug-likeness (QED) is 0.198. The van der Waals surface area contributed by atoms with Crippen LogP contribution < -0.4 is 0 Å². The van der Waals surface area contributed by atoms with Gasteiger partial charge >= 0.3 is 0 Å². The first-order valence-electron chi connectivity index (χ1n) is 14.5. The normalized spacial score (nSPS) is 11.3. The molecule has 8 aromatic rings. The molecule has 0 saturated carbocycles. The van der Waals surface area contributed by atoms with Crippen LogP contribution in [0.4, 0.5) is 0 Å². The van der Waals surface area contributed by atoms with E-state index in [0.717, 1.165) is 0 Å². The van der Waals surface area contributed by atoms with Crippen molar-refractivity contribution in [3.8, 4) is 44.5 Å². The average Bonchev–Trinajstić information content (AvgIpc) is 3.07. The van der Waals surface area contributed by atoms with E-state index in [1.807, 2.05) is 0 Å². The molecule has 42 heavy (non-hydrogen) atoms. The highest BCUT2D eigenvalue weighted by molar-refractivity contribution is 6.21. The van der Waals surface area contributed by atoms with Gasteiger partial charge in [-0.1, -0.05) is 164 Å². The Morgan fingerprint density at radius 2 is 0.714 bits per heavy atom. The highest BCUT2D eigenvalue weighted by Gasteiger charge is 2.18. The molecule has 0 aliphatic carbocycles. The Balaban J connectivity index is 1.46. The van der Waals surface area contributed by atoms with Crippen molar-refractivity contribution < 1.29 is 0 Å². The monoisotopic (exact) mass is 532 g/mol. The smallest absolute Gasteiger partial charge is 0.00261 e. The number of fused-ring (bicyclic) bond motifs is 3. The molecule has 0 aliphatic rings. The third kappa shape index (κ3) is 4.00. The maximum atomic E-state index is 2.41. The molecular formula is C42H28. The lowest BCUT2D eigenvalue weighted by molar-refractivity contribution is 1.59. The third-order valence-electron chi connectivity index (χ3n) is 8.47. The number of rotatable bonds is 4. The Morgan fingerprint density at radius 3 is 1.33 bits per heavy atom. The van der Waals surface area contributed by atoms with Crippen molar-refractivity contribution in [2.75, 3.05) is 0 Å². The van der Waals surface area contributed by atoms with E-state index >= 15 is 0 Å². The van der Waals surface area contributed by atoms with Gasteiger partial charge in [0.15, 0.2) is 0 Å². The molecule has 0 heterocycles. The summed E-state index contributed by atoms with van der Waals surface area (Å²) in [6.45, 7) is 0. The molecule has 0 unspecified atom stereocenters. The second-order valence-electron chi connectivity index (χ2n) is 10.9. The number of hydrogen-bond acceptors (Lipinski definition) is 0. The molecule has 0 aromatic heterocycles. The van der Waals surface area contributed by atoms with E-state index in [0.29, 0.717) is 0 Å². The summed E-state index contributed by atoms with van der Waals surface area (Å²) >= 11 is 0. The molecule has 0 atom stereocenters. The maximum Gasteiger partial charge on any atom is -0.00261 e. The van der Waals surface area contributed by atoms with Gasteiger partial charge in [-0.15, -0.1) is 0 Å². The van der Waals surface area contributed by atoms with Crippen molar-refractivity contribution in [3.63, 3.8) is 0 Å². The minimum Gasteiger partial charge on any atom is -0.0622 e. The standard InChI is InChI=1S/C42H28/c1-3-14-30(15-4-1)40-28-32(26-27-35(40)34-25-13-19-29-16-7-8-20-33(29)34)42-38-23-11-9-21-36(38)41(31-17-5-2-6-18-31)37-22-10-12-24-39(37)42/h1-28H. The Morgan fingerprint density at radius 1 is 0.238 bits per heavy atom. The molecule has 0 spiro atoms. The topological polar surface area (TPSA) is 0 Å². The molecule has 0 N–H and O–H groups in total. The van der Waals surface area contributed by atoms with Crippen molar-refractivity contribution in [3.05, 3.63) is 170 Å². The van der Waals surface area contributed by atoms with Crippen LogP contribution in [0.2, 0.25) is 0 Å². The zero-order valence-corrected chi connectivity index (χ0v) is 23.2. The van der Waals surface area contributed by atoms with Crippen LogP contribution in [0.25, 0.3) is 76.8 Å². The minimum atomic E-state index is 1.22. The Bertz CT molecular complexity index is 2160. The van der Waals surface area contributed by atoms with Crippen LogP contribution in [0.3, 0.4) is 0 Å². The summed E-state index contributed by atoms with van der Waals surface area (Å²) in [6.07, 6.45) is 0. The first-order chi connectivity index (χ1) is 20.9. The zero-order valence-electron chi connectivity index (χ0n) is 23.2. The maximum absolute atomic E-state index is 2.41. The van der Waals surface area contributed by atoms with Crippen LogP contribution in [-0.4, -0.2) is 0 Å². The van der Waals surface area contributed by atoms with E-state index in [1.165, 1.54) is 76.8 Å². The predicted molar refractivity (Wildman–Crippen MR) is 181 cm³/mol. The van der Waals surface area contributed by atoms with Crippen LogP contribution in [0, 0.1) is 0 Å².